The Morgan fingerprint density at radius 1 is 1.07 bits per heavy atom. The Balaban J connectivity index is 1.45. The molecule has 0 spiro atoms. The standard InChI is InChI=1S/C30H31ClN2O8S2/c1-2-21(17-29-32(13-6-15-39-42(34)35)26-20-24(31)10-12-28(26)41-29)18-30-33(14-16-43(36,37)38)25-19-23(9-11-27(25)40-30)22-7-4-3-5-8-22/h3-5,7-12,17-20,29H,2,6,13-16H2,1H3,(H,34,35)(H,36,37,38)/p-1. The van der Waals surface area contributed by atoms with Crippen LogP contribution in [0.1, 0.15) is 19.8 Å². The van der Waals surface area contributed by atoms with Crippen molar-refractivity contribution in [3.8, 4) is 22.6 Å². The van der Waals surface area contributed by atoms with Crippen LogP contribution in [-0.2, 0) is 25.7 Å². The molecule has 2 heterocycles. The number of fused-ring (bicyclic) bond motifs is 2. The van der Waals surface area contributed by atoms with Crippen LogP contribution < -0.4 is 19.3 Å². The fraction of sp³-hybridized carbons (Fsp3) is 0.267. The molecule has 2 aliphatic rings. The third-order valence-corrected chi connectivity index (χ3v) is 8.27. The lowest BCUT2D eigenvalue weighted by Gasteiger charge is -2.24. The lowest BCUT2D eigenvalue weighted by atomic mass is 10.0. The Kier molecular flexibility index (Phi) is 9.75. The van der Waals surface area contributed by atoms with Gasteiger partial charge in [0.05, 0.1) is 33.9 Å². The molecule has 2 atom stereocenters. The summed E-state index contributed by atoms with van der Waals surface area (Å²) in [5.74, 6) is 0.984. The first kappa shape index (κ1) is 31.0. The minimum atomic E-state index is -4.48. The second-order valence-corrected chi connectivity index (χ2v) is 12.5. The van der Waals surface area contributed by atoms with Gasteiger partial charge in [0.2, 0.25) is 5.88 Å². The third-order valence-electron chi connectivity index (χ3n) is 6.99. The number of allylic oxidation sites excluding steroid dienone is 2. The Morgan fingerprint density at radius 3 is 2.56 bits per heavy atom. The summed E-state index contributed by atoms with van der Waals surface area (Å²) in [5.41, 5.74) is 4.19. The van der Waals surface area contributed by atoms with Gasteiger partial charge in [0.1, 0.15) is 5.75 Å². The van der Waals surface area contributed by atoms with Crippen LogP contribution in [0, 0.1) is 0 Å². The quantitative estimate of drug-likeness (QED) is 0.149. The summed E-state index contributed by atoms with van der Waals surface area (Å²) >= 11 is 3.92. The molecule has 5 rings (SSSR count). The summed E-state index contributed by atoms with van der Waals surface area (Å²) < 4.78 is 71.8. The maximum atomic E-state index is 11.6. The van der Waals surface area contributed by atoms with Gasteiger partial charge in [-0.25, -0.2) is 8.42 Å². The monoisotopic (exact) mass is 645 g/mol. The Hall–Kier alpha value is -3.39. The molecule has 3 aromatic carbocycles. The molecule has 0 aromatic heterocycles. The summed E-state index contributed by atoms with van der Waals surface area (Å²) in [4.78, 5) is 3.69. The second-order valence-electron chi connectivity index (χ2n) is 9.85. The van der Waals surface area contributed by atoms with Crippen LogP contribution in [0.4, 0.5) is 11.4 Å². The molecular weight excluding hydrogens is 616 g/mol. The third kappa shape index (κ3) is 7.77. The van der Waals surface area contributed by atoms with Gasteiger partial charge < -0.3 is 23.8 Å². The van der Waals surface area contributed by atoms with Crippen molar-refractivity contribution in [1.29, 1.82) is 0 Å². The number of halogens is 1. The first-order chi connectivity index (χ1) is 20.6. The van der Waals surface area contributed by atoms with E-state index in [2.05, 4.69) is 0 Å². The molecule has 2 unspecified atom stereocenters. The van der Waals surface area contributed by atoms with E-state index >= 15 is 0 Å². The van der Waals surface area contributed by atoms with Crippen molar-refractivity contribution in [2.45, 2.75) is 26.0 Å². The zero-order valence-corrected chi connectivity index (χ0v) is 25.6. The van der Waals surface area contributed by atoms with E-state index in [0.29, 0.717) is 47.5 Å². The Labute approximate surface area is 258 Å². The highest BCUT2D eigenvalue weighted by molar-refractivity contribution is 7.85. The Morgan fingerprint density at radius 2 is 1.84 bits per heavy atom. The maximum Gasteiger partial charge on any atom is 0.301 e. The molecule has 0 fully saturated rings. The highest BCUT2D eigenvalue weighted by atomic mass is 35.5. The van der Waals surface area contributed by atoms with Crippen LogP contribution in [0.3, 0.4) is 0 Å². The van der Waals surface area contributed by atoms with E-state index < -0.39 is 33.5 Å². The maximum absolute atomic E-state index is 11.6. The predicted molar refractivity (Wildman–Crippen MR) is 165 cm³/mol. The lowest BCUT2D eigenvalue weighted by Crippen LogP contribution is -2.34. The van der Waals surface area contributed by atoms with Gasteiger partial charge in [0.25, 0.3) is 0 Å². The minimum Gasteiger partial charge on any atom is -0.748 e. The van der Waals surface area contributed by atoms with Crippen molar-refractivity contribution in [2.24, 2.45) is 0 Å². The first-order valence-electron chi connectivity index (χ1n) is 13.6. The largest absolute Gasteiger partial charge is 0.748 e. The van der Waals surface area contributed by atoms with Gasteiger partial charge >= 0.3 is 11.4 Å². The molecule has 3 aromatic rings. The molecule has 0 bridgehead atoms. The van der Waals surface area contributed by atoms with Crippen LogP contribution in [0.2, 0.25) is 5.02 Å². The van der Waals surface area contributed by atoms with Crippen LogP contribution in [0.25, 0.3) is 11.1 Å². The van der Waals surface area contributed by atoms with Crippen LogP contribution in [0.5, 0.6) is 11.5 Å². The van der Waals surface area contributed by atoms with E-state index in [1.807, 2.05) is 72.5 Å². The van der Waals surface area contributed by atoms with E-state index in [1.165, 1.54) is 0 Å². The first-order valence-corrected chi connectivity index (χ1v) is 16.6. The number of anilines is 2. The highest BCUT2D eigenvalue weighted by Crippen LogP contribution is 2.43. The van der Waals surface area contributed by atoms with Crippen LogP contribution in [-0.4, -0.2) is 53.4 Å². The van der Waals surface area contributed by atoms with Gasteiger partial charge in [-0.05, 0) is 65.9 Å². The van der Waals surface area contributed by atoms with E-state index in [4.69, 9.17) is 29.8 Å². The van der Waals surface area contributed by atoms with Crippen molar-refractivity contribution in [1.82, 2.24) is 0 Å². The summed E-state index contributed by atoms with van der Waals surface area (Å²) in [5, 5.41) is 0.540. The number of benzene rings is 3. The number of ether oxygens (including phenoxy) is 2. The van der Waals surface area contributed by atoms with Gasteiger partial charge in [-0.1, -0.05) is 54.9 Å². The molecule has 1 N–H and O–H groups in total. The summed E-state index contributed by atoms with van der Waals surface area (Å²) in [6.07, 6.45) is 4.26. The number of rotatable bonds is 12. The van der Waals surface area contributed by atoms with Gasteiger partial charge in [0, 0.05) is 24.2 Å². The SMILES string of the molecule is CCC(=CC1Oc2ccc(Cl)cc2N1CCCOS(=O)O)C=C1Oc2ccc(-c3ccccc3)cc2N1CCS(=O)(=O)[O-]. The molecule has 228 valence electrons. The van der Waals surface area contributed by atoms with E-state index in [9.17, 15) is 17.2 Å². The van der Waals surface area contributed by atoms with Crippen LogP contribution in [0.15, 0.2) is 90.3 Å². The molecular formula is C30H30ClN2O8S2-. The molecule has 43 heavy (non-hydrogen) atoms. The highest BCUT2D eigenvalue weighted by Gasteiger charge is 2.31. The molecule has 0 saturated heterocycles. The average molecular weight is 646 g/mol. The average Bonchev–Trinajstić information content (AvgIpc) is 3.49. The fourth-order valence-electron chi connectivity index (χ4n) is 4.94. The van der Waals surface area contributed by atoms with Gasteiger partial charge in [-0.15, -0.1) is 0 Å². The van der Waals surface area contributed by atoms with Crippen molar-refractivity contribution >= 4 is 44.5 Å². The molecule has 0 aliphatic carbocycles. The molecule has 0 radical (unpaired) electrons. The predicted octanol–water partition coefficient (Wildman–Crippen LogP) is 5.70. The molecule has 13 heteroatoms. The van der Waals surface area contributed by atoms with Gasteiger partial charge in [-0.2, -0.15) is 4.21 Å². The molecule has 2 aliphatic heterocycles. The van der Waals surface area contributed by atoms with Crippen molar-refractivity contribution in [3.63, 3.8) is 0 Å². The zero-order valence-electron chi connectivity index (χ0n) is 23.2. The molecule has 10 nitrogen and oxygen atoms in total. The van der Waals surface area contributed by atoms with Crippen LogP contribution >= 0.6 is 11.6 Å². The topological polar surface area (TPSA) is 129 Å². The number of nitrogens with zero attached hydrogens (tertiary/aromatic N) is 2. The summed E-state index contributed by atoms with van der Waals surface area (Å²) in [6, 6.07) is 20.8. The van der Waals surface area contributed by atoms with Gasteiger partial charge in [-0.3, -0.25) is 8.74 Å². The van der Waals surface area contributed by atoms with E-state index in [0.717, 1.165) is 22.4 Å². The van der Waals surface area contributed by atoms with E-state index in [-0.39, 0.29) is 13.2 Å². The lowest BCUT2D eigenvalue weighted by molar-refractivity contribution is 0.262. The van der Waals surface area contributed by atoms with Gasteiger partial charge in [0.15, 0.2) is 12.0 Å². The summed E-state index contributed by atoms with van der Waals surface area (Å²) in [6.45, 7) is 2.42. The molecule has 0 saturated carbocycles. The second kappa shape index (κ2) is 13.5. The van der Waals surface area contributed by atoms with Crippen molar-refractivity contribution in [3.05, 3.63) is 95.4 Å². The van der Waals surface area contributed by atoms with Crippen molar-refractivity contribution < 1.29 is 35.4 Å². The Bertz CT molecular complexity index is 1660. The molecule has 0 amide bonds. The number of hydrogen-bond acceptors (Lipinski definition) is 9. The van der Waals surface area contributed by atoms with Crippen molar-refractivity contribution in [2.75, 3.05) is 35.2 Å². The minimum absolute atomic E-state index is 0.0747. The smallest absolute Gasteiger partial charge is 0.301 e. The number of hydrogen-bond donors (Lipinski definition) is 1. The summed E-state index contributed by atoms with van der Waals surface area (Å²) in [7, 11) is -4.48. The normalized spacial score (nSPS) is 17.9. The zero-order chi connectivity index (χ0) is 30.6. The van der Waals surface area contributed by atoms with E-state index in [1.54, 1.807) is 23.1 Å². The fourth-order valence-corrected chi connectivity index (χ4v) is 5.78.